The summed E-state index contributed by atoms with van der Waals surface area (Å²) in [5.74, 6) is 1.07. The smallest absolute Gasteiger partial charge is 0.274 e. The summed E-state index contributed by atoms with van der Waals surface area (Å²) in [6.07, 6.45) is 2.27. The van der Waals surface area contributed by atoms with Crippen LogP contribution in [0.15, 0.2) is 46.2 Å². The molecule has 3 heterocycles. The maximum Gasteiger partial charge on any atom is 0.274 e. The summed E-state index contributed by atoms with van der Waals surface area (Å²) in [5, 5.41) is 6.55. The number of likely N-dealkylation sites (N-methyl/N-ethyl adjacent to an activating group) is 1. The Bertz CT molecular complexity index is 1300. The highest BCUT2D eigenvalue weighted by atomic mass is 35.5. The summed E-state index contributed by atoms with van der Waals surface area (Å²) in [5.41, 5.74) is 3.01. The standard InChI is InChI=1S/C24H29ClN6O3S/c1-4-35(33)21-8-6-5-7-18(21)27-22-17(25)14-26-24(29-22)28-19-13-16-15-30(2)10-9-20(16)31(23(19)32)11-12-34-3/h5-8,13-14H,4,9-12,15H2,1-3H3,(H2,26,27,28,29). The first-order valence-corrected chi connectivity index (χ1v) is 13.1. The molecule has 0 saturated carbocycles. The fraction of sp³-hybridized carbons (Fsp3) is 0.375. The molecule has 11 heteroatoms. The zero-order chi connectivity index (χ0) is 24.9. The van der Waals surface area contributed by atoms with E-state index in [2.05, 4.69) is 32.5 Å². The number of methoxy groups -OCH3 is 1. The van der Waals surface area contributed by atoms with Gasteiger partial charge in [0.2, 0.25) is 5.95 Å². The number of benzene rings is 1. The van der Waals surface area contributed by atoms with Gasteiger partial charge in [0, 0.05) is 44.6 Å². The number of hydrogen-bond acceptors (Lipinski definition) is 8. The number of rotatable bonds is 9. The van der Waals surface area contributed by atoms with Crippen LogP contribution < -0.4 is 16.2 Å². The average molecular weight is 517 g/mol. The van der Waals surface area contributed by atoms with Gasteiger partial charge in [-0.2, -0.15) is 4.98 Å². The van der Waals surface area contributed by atoms with Crippen LogP contribution in [-0.4, -0.2) is 56.7 Å². The topological polar surface area (TPSA) is 101 Å². The van der Waals surface area contributed by atoms with Crippen LogP contribution >= 0.6 is 11.6 Å². The van der Waals surface area contributed by atoms with E-state index in [0.717, 1.165) is 30.8 Å². The van der Waals surface area contributed by atoms with Gasteiger partial charge in [-0.05, 0) is 30.8 Å². The highest BCUT2D eigenvalue weighted by Crippen LogP contribution is 2.28. The Labute approximate surface area is 212 Å². The van der Waals surface area contributed by atoms with Crippen LogP contribution in [0.5, 0.6) is 0 Å². The first kappa shape index (κ1) is 25.3. The lowest BCUT2D eigenvalue weighted by Gasteiger charge is -2.28. The number of para-hydroxylation sites is 1. The van der Waals surface area contributed by atoms with Crippen molar-refractivity contribution in [3.63, 3.8) is 0 Å². The van der Waals surface area contributed by atoms with Gasteiger partial charge >= 0.3 is 0 Å². The third kappa shape index (κ3) is 5.72. The van der Waals surface area contributed by atoms with Crippen molar-refractivity contribution < 1.29 is 8.95 Å². The second-order valence-electron chi connectivity index (χ2n) is 8.24. The van der Waals surface area contributed by atoms with Crippen LogP contribution in [0.4, 0.5) is 23.1 Å². The fourth-order valence-corrected chi connectivity index (χ4v) is 5.10. The first-order chi connectivity index (χ1) is 16.9. The van der Waals surface area contributed by atoms with E-state index in [9.17, 15) is 9.00 Å². The molecule has 186 valence electrons. The molecule has 35 heavy (non-hydrogen) atoms. The Kier molecular flexibility index (Phi) is 8.17. The molecular formula is C24H29ClN6O3S. The van der Waals surface area contributed by atoms with Crippen LogP contribution in [0, 0.1) is 0 Å². The van der Waals surface area contributed by atoms with Gasteiger partial charge in [0.25, 0.3) is 5.56 Å². The van der Waals surface area contributed by atoms with Crippen molar-refractivity contribution in [1.29, 1.82) is 0 Å². The van der Waals surface area contributed by atoms with E-state index < -0.39 is 10.8 Å². The highest BCUT2D eigenvalue weighted by Gasteiger charge is 2.21. The number of fused-ring (bicyclic) bond motifs is 1. The van der Waals surface area contributed by atoms with Crippen molar-refractivity contribution in [2.24, 2.45) is 0 Å². The Balaban J connectivity index is 1.67. The van der Waals surface area contributed by atoms with E-state index in [1.807, 2.05) is 37.3 Å². The lowest BCUT2D eigenvalue weighted by atomic mass is 10.0. The van der Waals surface area contributed by atoms with Crippen LogP contribution in [-0.2, 0) is 35.0 Å². The van der Waals surface area contributed by atoms with Crippen LogP contribution in [0.3, 0.4) is 0 Å². The van der Waals surface area contributed by atoms with Crippen molar-refractivity contribution in [3.05, 3.63) is 63.2 Å². The number of ether oxygens (including phenoxy) is 1. The molecule has 0 amide bonds. The van der Waals surface area contributed by atoms with E-state index in [1.54, 1.807) is 11.7 Å². The molecule has 1 aromatic carbocycles. The minimum Gasteiger partial charge on any atom is -0.383 e. The number of hydrogen-bond donors (Lipinski definition) is 2. The molecule has 1 aliphatic rings. The van der Waals surface area contributed by atoms with E-state index in [0.29, 0.717) is 46.0 Å². The molecule has 2 N–H and O–H groups in total. The Morgan fingerprint density at radius 2 is 2.03 bits per heavy atom. The molecule has 1 unspecified atom stereocenters. The molecule has 0 spiro atoms. The Morgan fingerprint density at radius 3 is 2.80 bits per heavy atom. The molecule has 1 atom stereocenters. The first-order valence-electron chi connectivity index (χ1n) is 11.4. The number of halogens is 1. The highest BCUT2D eigenvalue weighted by molar-refractivity contribution is 7.85. The van der Waals surface area contributed by atoms with Gasteiger partial charge in [-0.1, -0.05) is 30.7 Å². The van der Waals surface area contributed by atoms with Gasteiger partial charge < -0.3 is 24.8 Å². The fourth-order valence-electron chi connectivity index (χ4n) is 4.06. The van der Waals surface area contributed by atoms with Gasteiger partial charge in [-0.25, -0.2) is 4.98 Å². The molecule has 0 bridgehead atoms. The van der Waals surface area contributed by atoms with Gasteiger partial charge in [-0.3, -0.25) is 9.00 Å². The molecule has 1 aliphatic heterocycles. The minimum atomic E-state index is -1.16. The number of nitrogens with zero attached hydrogens (tertiary/aromatic N) is 4. The van der Waals surface area contributed by atoms with Crippen molar-refractivity contribution in [2.45, 2.75) is 31.3 Å². The molecule has 9 nitrogen and oxygen atoms in total. The Morgan fingerprint density at radius 1 is 1.23 bits per heavy atom. The number of nitrogens with one attached hydrogen (secondary N) is 2. The lowest BCUT2D eigenvalue weighted by Crippen LogP contribution is -2.35. The average Bonchev–Trinajstić information content (AvgIpc) is 2.86. The van der Waals surface area contributed by atoms with Crippen molar-refractivity contribution in [1.82, 2.24) is 19.4 Å². The lowest BCUT2D eigenvalue weighted by molar-refractivity contribution is 0.184. The monoisotopic (exact) mass is 516 g/mol. The maximum absolute atomic E-state index is 13.3. The number of aromatic nitrogens is 3. The largest absolute Gasteiger partial charge is 0.383 e. The molecule has 3 aromatic rings. The second-order valence-corrected chi connectivity index (χ2v) is 10.4. The van der Waals surface area contributed by atoms with Gasteiger partial charge in [0.05, 0.1) is 34.2 Å². The summed E-state index contributed by atoms with van der Waals surface area (Å²) < 4.78 is 19.5. The summed E-state index contributed by atoms with van der Waals surface area (Å²) in [7, 11) is 2.53. The zero-order valence-corrected chi connectivity index (χ0v) is 21.6. The predicted molar refractivity (Wildman–Crippen MR) is 140 cm³/mol. The summed E-state index contributed by atoms with van der Waals surface area (Å²) in [4.78, 5) is 25.0. The van der Waals surface area contributed by atoms with Crippen LogP contribution in [0.25, 0.3) is 0 Å². The van der Waals surface area contributed by atoms with E-state index >= 15 is 0 Å². The van der Waals surface area contributed by atoms with Crippen molar-refractivity contribution in [2.75, 3.05) is 43.7 Å². The zero-order valence-electron chi connectivity index (χ0n) is 20.0. The molecule has 0 saturated heterocycles. The maximum atomic E-state index is 13.3. The molecule has 0 radical (unpaired) electrons. The van der Waals surface area contributed by atoms with Gasteiger partial charge in [0.15, 0.2) is 5.82 Å². The van der Waals surface area contributed by atoms with E-state index in [-0.39, 0.29) is 11.5 Å². The summed E-state index contributed by atoms with van der Waals surface area (Å²) in [6.45, 7) is 4.41. The molecular weight excluding hydrogens is 488 g/mol. The van der Waals surface area contributed by atoms with Crippen LogP contribution in [0.2, 0.25) is 5.02 Å². The predicted octanol–water partition coefficient (Wildman–Crippen LogP) is 3.54. The molecule has 4 rings (SSSR count). The summed E-state index contributed by atoms with van der Waals surface area (Å²) in [6, 6.07) is 9.19. The van der Waals surface area contributed by atoms with Crippen molar-refractivity contribution >= 4 is 45.5 Å². The Hall–Kier alpha value is -2.79. The molecule has 0 aliphatic carbocycles. The normalized spacial score (nSPS) is 14.4. The molecule has 2 aromatic heterocycles. The van der Waals surface area contributed by atoms with E-state index in [1.165, 1.54) is 6.20 Å². The third-order valence-corrected chi connectivity index (χ3v) is 7.47. The number of anilines is 4. The minimum absolute atomic E-state index is 0.151. The molecule has 0 fully saturated rings. The second kappa shape index (κ2) is 11.3. The van der Waals surface area contributed by atoms with E-state index in [4.69, 9.17) is 16.3 Å². The van der Waals surface area contributed by atoms with Gasteiger partial charge in [-0.15, -0.1) is 0 Å². The van der Waals surface area contributed by atoms with Gasteiger partial charge in [0.1, 0.15) is 10.7 Å². The SMILES string of the molecule is CCS(=O)c1ccccc1Nc1nc(Nc2cc3c(n(CCOC)c2=O)CCN(C)C3)ncc1Cl. The number of pyridine rings is 1. The quantitative estimate of drug-likeness (QED) is 0.445. The van der Waals surface area contributed by atoms with Crippen molar-refractivity contribution in [3.8, 4) is 0 Å². The third-order valence-electron chi connectivity index (χ3n) is 5.82. The summed E-state index contributed by atoms with van der Waals surface area (Å²) >= 11 is 6.36. The van der Waals surface area contributed by atoms with Crippen LogP contribution in [0.1, 0.15) is 18.2 Å².